The van der Waals surface area contributed by atoms with E-state index in [4.69, 9.17) is 9.57 Å². The second-order valence-corrected chi connectivity index (χ2v) is 8.88. The fourth-order valence-electron chi connectivity index (χ4n) is 3.93. The fraction of sp³-hybridized carbons (Fsp3) is 0.308. The maximum Gasteiger partial charge on any atom is 0.270 e. The first kappa shape index (κ1) is 26.5. The van der Waals surface area contributed by atoms with Gasteiger partial charge in [-0.1, -0.05) is 11.2 Å². The van der Waals surface area contributed by atoms with Crippen LogP contribution in [0.2, 0.25) is 0 Å². The summed E-state index contributed by atoms with van der Waals surface area (Å²) in [5.74, 6) is -0.720. The molecule has 3 heterocycles. The highest BCUT2D eigenvalue weighted by molar-refractivity contribution is 6.02. The van der Waals surface area contributed by atoms with Crippen molar-refractivity contribution in [1.29, 1.82) is 0 Å². The number of rotatable bonds is 8. The average molecular weight is 523 g/mol. The Bertz CT molecular complexity index is 1470. The number of hydrogen-bond donors (Lipinski definition) is 2. The Morgan fingerprint density at radius 3 is 2.76 bits per heavy atom. The Balaban J connectivity index is 1.49. The molecule has 2 N–H and O–H groups in total. The number of hydrogen-bond acceptors (Lipinski definition) is 8. The van der Waals surface area contributed by atoms with Gasteiger partial charge in [-0.05, 0) is 36.8 Å². The van der Waals surface area contributed by atoms with Gasteiger partial charge in [0, 0.05) is 44.4 Å². The molecule has 1 atom stereocenters. The highest BCUT2D eigenvalue weighted by atomic mass is 19.1. The number of carbonyl (C=O) groups is 2. The summed E-state index contributed by atoms with van der Waals surface area (Å²) in [6.07, 6.45) is 1.10. The lowest BCUT2D eigenvalue weighted by Gasteiger charge is -2.15. The van der Waals surface area contributed by atoms with Crippen LogP contribution in [0, 0.1) is 12.7 Å². The molecule has 0 bridgehead atoms. The predicted molar refractivity (Wildman–Crippen MR) is 135 cm³/mol. The molecule has 3 aromatic rings. The minimum Gasteiger partial charge on any atom is -0.494 e. The molecule has 11 nitrogen and oxygen atoms in total. The number of amides is 2. The van der Waals surface area contributed by atoms with E-state index in [0.717, 1.165) is 0 Å². The van der Waals surface area contributed by atoms with Crippen LogP contribution in [0.15, 0.2) is 46.5 Å². The molecular weight excluding hydrogens is 495 g/mol. The van der Waals surface area contributed by atoms with Gasteiger partial charge in [0.25, 0.3) is 11.5 Å². The Kier molecular flexibility index (Phi) is 7.79. The smallest absolute Gasteiger partial charge is 0.270 e. The van der Waals surface area contributed by atoms with Crippen molar-refractivity contribution in [3.05, 3.63) is 86.6 Å². The quantitative estimate of drug-likeness (QED) is 0.462. The molecule has 0 saturated heterocycles. The number of ether oxygens (including phenoxy) is 1. The molecule has 0 spiro atoms. The second kappa shape index (κ2) is 11.2. The van der Waals surface area contributed by atoms with E-state index in [1.807, 2.05) is 0 Å². The van der Waals surface area contributed by atoms with E-state index in [1.165, 1.54) is 36.4 Å². The van der Waals surface area contributed by atoms with Crippen molar-refractivity contribution in [2.45, 2.75) is 32.4 Å². The summed E-state index contributed by atoms with van der Waals surface area (Å²) in [5.41, 5.74) is 2.16. The lowest BCUT2D eigenvalue weighted by Crippen LogP contribution is -2.28. The molecule has 12 heteroatoms. The zero-order valence-electron chi connectivity index (χ0n) is 21.4. The molecule has 0 aliphatic carbocycles. The van der Waals surface area contributed by atoms with E-state index >= 15 is 0 Å². The molecule has 1 aliphatic rings. The van der Waals surface area contributed by atoms with Crippen LogP contribution in [0.1, 0.15) is 51.2 Å². The number of nitrogens with zero attached hydrogens (tertiary/aromatic N) is 4. The number of aryl methyl sites for hydroxylation is 1. The molecule has 38 heavy (non-hydrogen) atoms. The van der Waals surface area contributed by atoms with Gasteiger partial charge >= 0.3 is 0 Å². The van der Waals surface area contributed by atoms with E-state index in [1.54, 1.807) is 33.2 Å². The zero-order chi connectivity index (χ0) is 27.4. The first-order valence-electron chi connectivity index (χ1n) is 11.8. The fourth-order valence-corrected chi connectivity index (χ4v) is 3.93. The largest absolute Gasteiger partial charge is 0.494 e. The van der Waals surface area contributed by atoms with Crippen LogP contribution in [0.25, 0.3) is 0 Å². The first-order chi connectivity index (χ1) is 18.2. The SMILES string of the molecule is COc1cc(CNC(=O)c2cc(C3=NOC(c4cc[nH]c(=O)c4CC(=O)N(C)C)C3)nc(C)n2)ccc1F. The molecule has 198 valence electrons. The van der Waals surface area contributed by atoms with Crippen LogP contribution >= 0.6 is 0 Å². The summed E-state index contributed by atoms with van der Waals surface area (Å²) < 4.78 is 18.6. The van der Waals surface area contributed by atoms with Crippen molar-refractivity contribution in [2.24, 2.45) is 5.16 Å². The Morgan fingerprint density at radius 2 is 2.03 bits per heavy atom. The van der Waals surface area contributed by atoms with Gasteiger partial charge < -0.3 is 24.8 Å². The number of carbonyl (C=O) groups excluding carboxylic acids is 2. The molecular formula is C26H27FN6O5. The van der Waals surface area contributed by atoms with E-state index in [9.17, 15) is 18.8 Å². The molecule has 2 aromatic heterocycles. The number of aromatic amines is 1. The van der Waals surface area contributed by atoms with Crippen molar-refractivity contribution >= 4 is 17.5 Å². The van der Waals surface area contributed by atoms with Gasteiger partial charge in [0.05, 0.1) is 19.2 Å². The van der Waals surface area contributed by atoms with Crippen molar-refractivity contribution in [3.63, 3.8) is 0 Å². The number of likely N-dealkylation sites (N-methyl/N-ethyl adjacent to an activating group) is 1. The Hall–Kier alpha value is -4.61. The topological polar surface area (TPSA) is 139 Å². The maximum atomic E-state index is 13.7. The molecule has 2 amide bonds. The number of oxime groups is 1. The molecule has 4 rings (SSSR count). The number of benzene rings is 1. The zero-order valence-corrected chi connectivity index (χ0v) is 21.4. The van der Waals surface area contributed by atoms with Crippen LogP contribution < -0.4 is 15.6 Å². The maximum absolute atomic E-state index is 13.7. The van der Waals surface area contributed by atoms with Gasteiger partial charge in [-0.25, -0.2) is 14.4 Å². The number of aromatic nitrogens is 3. The third kappa shape index (κ3) is 5.85. The summed E-state index contributed by atoms with van der Waals surface area (Å²) in [5, 5.41) is 6.90. The average Bonchev–Trinajstić information content (AvgIpc) is 3.39. The summed E-state index contributed by atoms with van der Waals surface area (Å²) in [4.78, 5) is 55.9. The van der Waals surface area contributed by atoms with Gasteiger partial charge in [0.15, 0.2) is 17.7 Å². The number of H-pyrrole nitrogens is 1. The van der Waals surface area contributed by atoms with E-state index < -0.39 is 17.8 Å². The first-order valence-corrected chi connectivity index (χ1v) is 11.8. The Labute approximate surface area is 217 Å². The summed E-state index contributed by atoms with van der Waals surface area (Å²) in [6, 6.07) is 7.52. The molecule has 1 aliphatic heterocycles. The molecule has 0 radical (unpaired) electrons. The summed E-state index contributed by atoms with van der Waals surface area (Å²) >= 11 is 0. The lowest BCUT2D eigenvalue weighted by atomic mass is 9.97. The molecule has 0 fully saturated rings. The van der Waals surface area contributed by atoms with E-state index in [0.29, 0.717) is 33.9 Å². The van der Waals surface area contributed by atoms with Crippen LogP contribution in [0.4, 0.5) is 4.39 Å². The number of nitrogens with one attached hydrogen (secondary N) is 2. The standard InChI is InChI=1S/C26H27FN6O5/c1-14-30-19(11-21(31-14)26(36)29-13-15-5-6-18(27)23(9-15)37-4)20-12-22(38-32-20)16-7-8-28-25(35)17(16)10-24(34)33(2)3/h5-9,11,22H,10,12-13H2,1-4H3,(H,28,35)(H,29,36). The number of methoxy groups -OCH3 is 1. The van der Waals surface area contributed by atoms with Gasteiger partial charge in [0.1, 0.15) is 17.2 Å². The van der Waals surface area contributed by atoms with Crippen LogP contribution in [-0.2, 0) is 22.6 Å². The normalized spacial score (nSPS) is 14.4. The van der Waals surface area contributed by atoms with Crippen molar-refractivity contribution < 1.29 is 23.6 Å². The minimum absolute atomic E-state index is 0.0788. The number of halogens is 1. The van der Waals surface area contributed by atoms with Crippen molar-refractivity contribution in [2.75, 3.05) is 21.2 Å². The van der Waals surface area contributed by atoms with E-state index in [2.05, 4.69) is 25.4 Å². The monoisotopic (exact) mass is 522 g/mol. The molecule has 1 aromatic carbocycles. The third-order valence-electron chi connectivity index (χ3n) is 5.98. The van der Waals surface area contributed by atoms with E-state index in [-0.39, 0.29) is 42.3 Å². The van der Waals surface area contributed by atoms with Gasteiger partial charge in [0.2, 0.25) is 5.91 Å². The highest BCUT2D eigenvalue weighted by Gasteiger charge is 2.29. The third-order valence-corrected chi connectivity index (χ3v) is 5.98. The minimum atomic E-state index is -0.599. The highest BCUT2D eigenvalue weighted by Crippen LogP contribution is 2.30. The summed E-state index contributed by atoms with van der Waals surface area (Å²) in [6.45, 7) is 1.79. The van der Waals surface area contributed by atoms with Crippen LogP contribution in [0.5, 0.6) is 5.75 Å². The van der Waals surface area contributed by atoms with Gasteiger partial charge in [-0.15, -0.1) is 0 Å². The van der Waals surface area contributed by atoms with Crippen LogP contribution in [-0.4, -0.2) is 58.6 Å². The molecule has 0 saturated carbocycles. The Morgan fingerprint density at radius 1 is 1.24 bits per heavy atom. The van der Waals surface area contributed by atoms with Gasteiger partial charge in [-0.3, -0.25) is 14.4 Å². The molecule has 1 unspecified atom stereocenters. The van der Waals surface area contributed by atoms with Gasteiger partial charge in [-0.2, -0.15) is 0 Å². The lowest BCUT2D eigenvalue weighted by molar-refractivity contribution is -0.128. The van der Waals surface area contributed by atoms with Crippen LogP contribution in [0.3, 0.4) is 0 Å². The number of pyridine rings is 1. The second-order valence-electron chi connectivity index (χ2n) is 8.88. The predicted octanol–water partition coefficient (Wildman–Crippen LogP) is 2.05. The summed E-state index contributed by atoms with van der Waals surface area (Å²) in [7, 11) is 4.61. The van der Waals surface area contributed by atoms with Crippen molar-refractivity contribution in [3.8, 4) is 5.75 Å². The van der Waals surface area contributed by atoms with Crippen molar-refractivity contribution in [1.82, 2.24) is 25.2 Å².